The Balaban J connectivity index is 1.75. The lowest BCUT2D eigenvalue weighted by Crippen LogP contribution is -2.54. The van der Waals surface area contributed by atoms with Crippen molar-refractivity contribution in [3.8, 4) is 0 Å². The number of aryl methyl sites for hydroxylation is 2. The molecule has 0 saturated carbocycles. The van der Waals surface area contributed by atoms with E-state index >= 15 is 0 Å². The molecule has 26 heavy (non-hydrogen) atoms. The van der Waals surface area contributed by atoms with E-state index in [9.17, 15) is 9.59 Å². The number of ether oxygens (including phenoxy) is 1. The first kappa shape index (κ1) is 18.1. The average Bonchev–Trinajstić information content (AvgIpc) is 2.65. The summed E-state index contributed by atoms with van der Waals surface area (Å²) in [6.45, 7) is 4.70. The summed E-state index contributed by atoms with van der Waals surface area (Å²) < 4.78 is 5.33. The molecule has 0 spiro atoms. The minimum Gasteiger partial charge on any atom is -0.369 e. The maximum Gasteiger partial charge on any atom is 0.249 e. The van der Waals surface area contributed by atoms with E-state index in [0.29, 0.717) is 6.54 Å². The second-order valence-corrected chi connectivity index (χ2v) is 6.58. The molecule has 3 rings (SSSR count). The number of hydrogen-bond acceptors (Lipinski definition) is 3. The summed E-state index contributed by atoms with van der Waals surface area (Å²) in [6, 6.07) is 15.1. The highest BCUT2D eigenvalue weighted by Gasteiger charge is 2.34. The van der Waals surface area contributed by atoms with Gasteiger partial charge in [-0.05, 0) is 36.6 Å². The third-order valence-corrected chi connectivity index (χ3v) is 4.58. The molecule has 136 valence electrons. The van der Waals surface area contributed by atoms with Gasteiger partial charge in [0.15, 0.2) is 0 Å². The van der Waals surface area contributed by atoms with Crippen LogP contribution in [0, 0.1) is 6.92 Å². The van der Waals surface area contributed by atoms with Crippen LogP contribution in [0.3, 0.4) is 0 Å². The monoisotopic (exact) mass is 352 g/mol. The van der Waals surface area contributed by atoms with E-state index in [0.717, 1.165) is 28.8 Å². The Morgan fingerprint density at radius 3 is 2.69 bits per heavy atom. The van der Waals surface area contributed by atoms with E-state index in [-0.39, 0.29) is 25.0 Å². The van der Waals surface area contributed by atoms with Crippen LogP contribution in [-0.2, 0) is 27.3 Å². The lowest BCUT2D eigenvalue weighted by Gasteiger charge is -2.34. The molecule has 1 atom stereocenters. The van der Waals surface area contributed by atoms with Gasteiger partial charge in [-0.1, -0.05) is 48.9 Å². The van der Waals surface area contributed by atoms with Crippen LogP contribution in [0.25, 0.3) is 0 Å². The van der Waals surface area contributed by atoms with Gasteiger partial charge in [-0.15, -0.1) is 0 Å². The fourth-order valence-electron chi connectivity index (χ4n) is 3.00. The predicted molar refractivity (Wildman–Crippen MR) is 101 cm³/mol. The number of carbonyl (C=O) groups excluding carboxylic acids is 2. The van der Waals surface area contributed by atoms with Gasteiger partial charge >= 0.3 is 0 Å². The van der Waals surface area contributed by atoms with E-state index in [2.05, 4.69) is 12.2 Å². The molecule has 1 N–H and O–H groups in total. The molecule has 1 aliphatic heterocycles. The summed E-state index contributed by atoms with van der Waals surface area (Å²) >= 11 is 0. The Labute approximate surface area is 154 Å². The molecule has 2 aromatic carbocycles. The van der Waals surface area contributed by atoms with Gasteiger partial charge in [-0.3, -0.25) is 9.59 Å². The molecular weight excluding hydrogens is 328 g/mol. The number of hydrogen-bond donors (Lipinski definition) is 1. The Bertz CT molecular complexity index is 786. The van der Waals surface area contributed by atoms with E-state index in [1.807, 2.05) is 55.5 Å². The van der Waals surface area contributed by atoms with Crippen LogP contribution in [0.4, 0.5) is 5.69 Å². The summed E-state index contributed by atoms with van der Waals surface area (Å²) in [4.78, 5) is 26.7. The fourth-order valence-corrected chi connectivity index (χ4v) is 3.00. The second kappa shape index (κ2) is 8.15. The molecule has 1 heterocycles. The molecule has 0 unspecified atom stereocenters. The van der Waals surface area contributed by atoms with Gasteiger partial charge in [0.05, 0.1) is 6.61 Å². The van der Waals surface area contributed by atoms with Crippen LogP contribution in [0.2, 0.25) is 0 Å². The molecule has 0 radical (unpaired) electrons. The summed E-state index contributed by atoms with van der Waals surface area (Å²) in [6.07, 6.45) is 0.897. The van der Waals surface area contributed by atoms with Gasteiger partial charge in [0.2, 0.25) is 11.8 Å². The van der Waals surface area contributed by atoms with Gasteiger partial charge in [0, 0.05) is 12.2 Å². The molecule has 1 saturated heterocycles. The van der Waals surface area contributed by atoms with Crippen LogP contribution < -0.4 is 5.32 Å². The highest BCUT2D eigenvalue weighted by Crippen LogP contribution is 2.17. The van der Waals surface area contributed by atoms with Crippen molar-refractivity contribution < 1.29 is 14.3 Å². The van der Waals surface area contributed by atoms with Crippen LogP contribution in [0.1, 0.15) is 23.6 Å². The molecule has 1 fully saturated rings. The maximum absolute atomic E-state index is 12.8. The van der Waals surface area contributed by atoms with Gasteiger partial charge in [0.1, 0.15) is 12.6 Å². The molecule has 0 aromatic heterocycles. The number of rotatable bonds is 5. The number of anilines is 1. The van der Waals surface area contributed by atoms with Crippen LogP contribution in [-0.4, -0.2) is 36.0 Å². The molecule has 0 bridgehead atoms. The standard InChI is InChI=1S/C21H24N2O3/c1-3-16-5-4-6-18(11-16)22-21(25)19-13-26-14-20(24)23(19)12-17-9-7-15(2)8-10-17/h4-11,19H,3,12-14H2,1-2H3,(H,22,25)/t19-/m0/s1. The Morgan fingerprint density at radius 1 is 1.19 bits per heavy atom. The van der Waals surface area contributed by atoms with E-state index in [1.54, 1.807) is 4.90 Å². The number of nitrogens with zero attached hydrogens (tertiary/aromatic N) is 1. The summed E-state index contributed by atoms with van der Waals surface area (Å²) in [5.41, 5.74) is 4.04. The summed E-state index contributed by atoms with van der Waals surface area (Å²) in [7, 11) is 0. The first-order valence-corrected chi connectivity index (χ1v) is 8.89. The zero-order chi connectivity index (χ0) is 18.5. The van der Waals surface area contributed by atoms with Crippen molar-refractivity contribution in [2.45, 2.75) is 32.9 Å². The predicted octanol–water partition coefficient (Wildman–Crippen LogP) is 2.92. The topological polar surface area (TPSA) is 58.6 Å². The first-order chi connectivity index (χ1) is 12.6. The van der Waals surface area contributed by atoms with Crippen molar-refractivity contribution >= 4 is 17.5 Å². The third-order valence-electron chi connectivity index (χ3n) is 4.58. The molecular formula is C21H24N2O3. The van der Waals surface area contributed by atoms with Crippen molar-refractivity contribution in [2.75, 3.05) is 18.5 Å². The van der Waals surface area contributed by atoms with Crippen LogP contribution in [0.5, 0.6) is 0 Å². The zero-order valence-electron chi connectivity index (χ0n) is 15.2. The normalized spacial score (nSPS) is 17.2. The van der Waals surface area contributed by atoms with Crippen molar-refractivity contribution in [1.29, 1.82) is 0 Å². The quantitative estimate of drug-likeness (QED) is 0.900. The third kappa shape index (κ3) is 4.29. The van der Waals surface area contributed by atoms with Crippen LogP contribution in [0.15, 0.2) is 48.5 Å². The minimum absolute atomic E-state index is 0.0148. The van der Waals surface area contributed by atoms with Crippen molar-refractivity contribution in [3.63, 3.8) is 0 Å². The van der Waals surface area contributed by atoms with Gasteiger partial charge in [-0.2, -0.15) is 0 Å². The first-order valence-electron chi connectivity index (χ1n) is 8.89. The summed E-state index contributed by atoms with van der Waals surface area (Å²) in [5.74, 6) is -0.391. The van der Waals surface area contributed by atoms with Crippen LogP contribution >= 0.6 is 0 Å². The fraction of sp³-hybridized carbons (Fsp3) is 0.333. The second-order valence-electron chi connectivity index (χ2n) is 6.58. The van der Waals surface area contributed by atoms with E-state index in [1.165, 1.54) is 0 Å². The Morgan fingerprint density at radius 2 is 1.96 bits per heavy atom. The molecule has 5 nitrogen and oxygen atoms in total. The SMILES string of the molecule is CCc1cccc(NC(=O)[C@@H]2COCC(=O)N2Cc2ccc(C)cc2)c1. The van der Waals surface area contributed by atoms with E-state index < -0.39 is 6.04 Å². The number of morpholine rings is 1. The lowest BCUT2D eigenvalue weighted by molar-refractivity contribution is -0.154. The van der Waals surface area contributed by atoms with E-state index in [4.69, 9.17) is 4.74 Å². The maximum atomic E-state index is 12.8. The number of carbonyl (C=O) groups is 2. The smallest absolute Gasteiger partial charge is 0.249 e. The van der Waals surface area contributed by atoms with Crippen molar-refractivity contribution in [3.05, 3.63) is 65.2 Å². The lowest BCUT2D eigenvalue weighted by atomic mass is 10.1. The highest BCUT2D eigenvalue weighted by molar-refractivity contribution is 5.98. The number of nitrogens with one attached hydrogen (secondary N) is 1. The number of amides is 2. The molecule has 2 aromatic rings. The minimum atomic E-state index is -0.636. The molecule has 1 aliphatic rings. The molecule has 0 aliphatic carbocycles. The Kier molecular flexibility index (Phi) is 5.68. The Hall–Kier alpha value is -2.66. The average molecular weight is 352 g/mol. The van der Waals surface area contributed by atoms with Crippen molar-refractivity contribution in [1.82, 2.24) is 4.90 Å². The zero-order valence-corrected chi connectivity index (χ0v) is 15.2. The molecule has 2 amide bonds. The summed E-state index contributed by atoms with van der Waals surface area (Å²) in [5, 5.41) is 2.92. The van der Waals surface area contributed by atoms with Gasteiger partial charge in [0.25, 0.3) is 0 Å². The van der Waals surface area contributed by atoms with Gasteiger partial charge < -0.3 is 15.0 Å². The largest absolute Gasteiger partial charge is 0.369 e. The van der Waals surface area contributed by atoms with Gasteiger partial charge in [-0.25, -0.2) is 0 Å². The highest BCUT2D eigenvalue weighted by atomic mass is 16.5. The molecule has 5 heteroatoms. The number of benzene rings is 2. The van der Waals surface area contributed by atoms with Crippen molar-refractivity contribution in [2.24, 2.45) is 0 Å².